The minimum Gasteiger partial charge on any atom is -0.166 e. The minimum atomic E-state index is -4.11. The summed E-state index contributed by atoms with van der Waals surface area (Å²) in [5.74, 6) is 0. The second-order valence-electron chi connectivity index (χ2n) is 1.96. The predicted octanol–water partition coefficient (Wildman–Crippen LogP) is 3.65. The van der Waals surface area contributed by atoms with Crippen LogP contribution in [0.15, 0.2) is 11.0 Å². The smallest absolute Gasteiger partial charge is 0.166 e. The summed E-state index contributed by atoms with van der Waals surface area (Å²) in [6, 6.07) is 0. The van der Waals surface area contributed by atoms with Gasteiger partial charge in [-0.3, -0.25) is 0 Å². The largest absolute Gasteiger partial charge is 0.423 e. The summed E-state index contributed by atoms with van der Waals surface area (Å²) >= 11 is -0.409. The molecule has 1 aliphatic rings. The van der Waals surface area contributed by atoms with Crippen molar-refractivity contribution in [1.82, 2.24) is 0 Å². The summed E-state index contributed by atoms with van der Waals surface area (Å²) in [5.41, 5.74) is 0. The Morgan fingerprint density at radius 1 is 1.55 bits per heavy atom. The fourth-order valence-electron chi connectivity index (χ4n) is 0.560. The SMILES string of the molecule is CCC1=ISC(C(F)(F)F)=C1. The summed E-state index contributed by atoms with van der Waals surface area (Å²) in [6.45, 7) is 1.89. The lowest BCUT2D eigenvalue weighted by Gasteiger charge is -2.03. The zero-order valence-electron chi connectivity index (χ0n) is 5.70. The topological polar surface area (TPSA) is 0 Å². The summed E-state index contributed by atoms with van der Waals surface area (Å²) < 4.78 is 36.9. The number of hydrogen-bond acceptors (Lipinski definition) is 1. The van der Waals surface area contributed by atoms with Gasteiger partial charge in [-0.1, -0.05) is 15.9 Å². The number of alkyl halides is 3. The molecule has 0 aliphatic carbocycles. The molecule has 11 heavy (non-hydrogen) atoms. The van der Waals surface area contributed by atoms with Crippen LogP contribution in [-0.4, -0.2) is 9.69 Å². The number of rotatable bonds is 1. The Balaban J connectivity index is 2.69. The van der Waals surface area contributed by atoms with Gasteiger partial charge < -0.3 is 0 Å². The first-order valence-corrected chi connectivity index (χ1v) is 7.44. The van der Waals surface area contributed by atoms with Crippen molar-refractivity contribution in [2.45, 2.75) is 19.5 Å². The summed E-state index contributed by atoms with van der Waals surface area (Å²) in [5, 5.41) is 0. The van der Waals surface area contributed by atoms with Crippen molar-refractivity contribution in [3.05, 3.63) is 11.0 Å². The maximum atomic E-state index is 12.0. The molecule has 0 N–H and O–H groups in total. The van der Waals surface area contributed by atoms with Crippen LogP contribution in [0.2, 0.25) is 0 Å². The van der Waals surface area contributed by atoms with Crippen LogP contribution in [0, 0.1) is 0 Å². The molecular weight excluding hydrogens is 288 g/mol. The molecule has 0 fully saturated rings. The van der Waals surface area contributed by atoms with E-state index in [4.69, 9.17) is 0 Å². The molecule has 0 bridgehead atoms. The lowest BCUT2D eigenvalue weighted by atomic mass is 10.3. The minimum absolute atomic E-state index is 0.401. The van der Waals surface area contributed by atoms with E-state index in [9.17, 15) is 13.2 Å². The van der Waals surface area contributed by atoms with Crippen molar-refractivity contribution in [3.8, 4) is 0 Å². The second kappa shape index (κ2) is 3.47. The number of hydrogen-bond donors (Lipinski definition) is 0. The van der Waals surface area contributed by atoms with Crippen LogP contribution in [0.4, 0.5) is 13.2 Å². The lowest BCUT2D eigenvalue weighted by Crippen LogP contribution is -2.07. The van der Waals surface area contributed by atoms with Crippen LogP contribution >= 0.6 is 28.3 Å². The van der Waals surface area contributed by atoms with Gasteiger partial charge in [0.2, 0.25) is 0 Å². The highest BCUT2D eigenvalue weighted by Gasteiger charge is 2.35. The van der Waals surface area contributed by atoms with E-state index < -0.39 is 30.4 Å². The quantitative estimate of drug-likeness (QED) is 0.665. The average molecular weight is 294 g/mol. The molecule has 0 aromatic heterocycles. The van der Waals surface area contributed by atoms with Gasteiger partial charge >= 0.3 is 6.18 Å². The van der Waals surface area contributed by atoms with E-state index in [1.165, 1.54) is 6.08 Å². The normalized spacial score (nSPS) is 18.9. The van der Waals surface area contributed by atoms with Gasteiger partial charge in [0, 0.05) is 0 Å². The van der Waals surface area contributed by atoms with Crippen LogP contribution in [0.3, 0.4) is 0 Å². The molecular formula is C6H6F3IS. The van der Waals surface area contributed by atoms with Gasteiger partial charge in [0.15, 0.2) is 0 Å². The highest BCUT2D eigenvalue weighted by molar-refractivity contribution is 14.2. The molecule has 0 nitrogen and oxygen atoms in total. The highest BCUT2D eigenvalue weighted by atomic mass is 127. The molecule has 0 atom stereocenters. The van der Waals surface area contributed by atoms with Gasteiger partial charge in [0.25, 0.3) is 0 Å². The zero-order chi connectivity index (χ0) is 8.48. The number of allylic oxidation sites excluding steroid dienone is 2. The van der Waals surface area contributed by atoms with E-state index in [1.54, 1.807) is 0 Å². The molecule has 0 amide bonds. The fraction of sp³-hybridized carbons (Fsp3) is 0.500. The van der Waals surface area contributed by atoms with E-state index in [0.717, 1.165) is 18.9 Å². The van der Waals surface area contributed by atoms with E-state index >= 15 is 0 Å². The van der Waals surface area contributed by atoms with Crippen molar-refractivity contribution in [2.24, 2.45) is 0 Å². The Morgan fingerprint density at radius 3 is 2.45 bits per heavy atom. The van der Waals surface area contributed by atoms with E-state index in [2.05, 4.69) is 0 Å². The Morgan fingerprint density at radius 2 is 2.18 bits per heavy atom. The molecule has 1 rings (SSSR count). The van der Waals surface area contributed by atoms with Crippen molar-refractivity contribution in [3.63, 3.8) is 0 Å². The first-order valence-electron chi connectivity index (χ1n) is 3.00. The maximum absolute atomic E-state index is 12.0. The molecule has 1 heterocycles. The third kappa shape index (κ3) is 2.47. The average Bonchev–Trinajstić information content (AvgIpc) is 2.32. The molecule has 0 spiro atoms. The molecule has 0 radical (unpaired) electrons. The monoisotopic (exact) mass is 294 g/mol. The van der Waals surface area contributed by atoms with Crippen LogP contribution in [0.25, 0.3) is 0 Å². The molecule has 0 unspecified atom stereocenters. The van der Waals surface area contributed by atoms with Crippen LogP contribution in [0.5, 0.6) is 0 Å². The van der Waals surface area contributed by atoms with Crippen LogP contribution in [0.1, 0.15) is 13.3 Å². The van der Waals surface area contributed by atoms with Crippen molar-refractivity contribution in [1.29, 1.82) is 0 Å². The van der Waals surface area contributed by atoms with Crippen molar-refractivity contribution >= 4 is 31.8 Å². The lowest BCUT2D eigenvalue weighted by molar-refractivity contribution is -0.0833. The van der Waals surface area contributed by atoms with E-state index in [-0.39, 0.29) is 0 Å². The molecule has 0 aromatic rings. The molecule has 1 aliphatic heterocycles. The van der Waals surface area contributed by atoms with Gasteiger partial charge in [0.1, 0.15) is 0 Å². The standard InChI is InChI=1S/C6H6F3IS/c1-2-4-3-5(11-10-4)6(7,8)9/h3H,2H2,1H3. The Kier molecular flexibility index (Phi) is 3.02. The molecule has 0 aromatic carbocycles. The fourth-order valence-corrected chi connectivity index (χ4v) is 5.70. The van der Waals surface area contributed by atoms with Crippen molar-refractivity contribution < 1.29 is 13.2 Å². The maximum Gasteiger partial charge on any atom is 0.423 e. The highest BCUT2D eigenvalue weighted by Crippen LogP contribution is 2.46. The summed E-state index contributed by atoms with van der Waals surface area (Å²) in [7, 11) is 0.991. The second-order valence-corrected chi connectivity index (χ2v) is 6.74. The van der Waals surface area contributed by atoms with E-state index in [0.29, 0.717) is 0 Å². The van der Waals surface area contributed by atoms with Crippen LogP contribution in [-0.2, 0) is 0 Å². The van der Waals surface area contributed by atoms with Gasteiger partial charge in [-0.05, 0) is 35.4 Å². The van der Waals surface area contributed by atoms with E-state index in [1.807, 2.05) is 6.92 Å². The van der Waals surface area contributed by atoms with Gasteiger partial charge in [-0.2, -0.15) is 13.2 Å². The molecule has 0 saturated carbocycles. The Labute approximate surface area is 75.4 Å². The summed E-state index contributed by atoms with van der Waals surface area (Å²) in [4.78, 5) is -0.401. The zero-order valence-corrected chi connectivity index (χ0v) is 8.68. The first kappa shape index (κ1) is 9.57. The predicted molar refractivity (Wildman–Crippen MR) is 51.0 cm³/mol. The van der Waals surface area contributed by atoms with Gasteiger partial charge in [0.05, 0.1) is 4.91 Å². The Bertz CT molecular complexity index is 216. The van der Waals surface area contributed by atoms with Crippen molar-refractivity contribution in [2.75, 3.05) is 0 Å². The molecule has 5 heteroatoms. The first-order chi connectivity index (χ1) is 5.04. The van der Waals surface area contributed by atoms with Gasteiger partial charge in [-0.25, -0.2) is 0 Å². The molecule has 0 saturated heterocycles. The Hall–Kier alpha value is 0.480. The third-order valence-electron chi connectivity index (χ3n) is 1.13. The summed E-state index contributed by atoms with van der Waals surface area (Å²) in [6.07, 6.45) is -2.04. The third-order valence-corrected chi connectivity index (χ3v) is 6.77. The van der Waals surface area contributed by atoms with Crippen LogP contribution < -0.4 is 0 Å². The molecule has 64 valence electrons. The van der Waals surface area contributed by atoms with Gasteiger partial charge in [-0.15, -0.1) is 0 Å². The number of halogens is 4.